The number of carbonyl (C=O) groups excluding carboxylic acids is 1. The third-order valence-corrected chi connectivity index (χ3v) is 7.77. The number of amides is 1. The van der Waals surface area contributed by atoms with Gasteiger partial charge >= 0.3 is 0 Å². The summed E-state index contributed by atoms with van der Waals surface area (Å²) in [7, 11) is -2.49. The standard InChI is InChI=1S/C18H24Cl2N2O5S/c1-27-6-5-21-10-12(11-23)16-3-2-4-17(18(21)24)22(16)28(25,26)15-8-13(19)7-14(20)9-15/h7-9,12,16-17,23H,2-6,10-11H2,1H3/t12?,16-,17?/m1/s1. The Morgan fingerprint density at radius 1 is 1.21 bits per heavy atom. The largest absolute Gasteiger partial charge is 0.396 e. The lowest BCUT2D eigenvalue weighted by Crippen LogP contribution is -2.55. The number of sulfonamides is 1. The number of benzene rings is 1. The van der Waals surface area contributed by atoms with Crippen molar-refractivity contribution in [2.45, 2.75) is 36.2 Å². The Hall–Kier alpha value is -0.900. The maximum Gasteiger partial charge on any atom is 0.244 e. The van der Waals surface area contributed by atoms with Crippen molar-refractivity contribution in [2.24, 2.45) is 5.92 Å². The molecule has 10 heteroatoms. The summed E-state index contributed by atoms with van der Waals surface area (Å²) in [4.78, 5) is 14.7. The average Bonchev–Trinajstić information content (AvgIpc) is 2.72. The van der Waals surface area contributed by atoms with Crippen molar-refractivity contribution in [3.63, 3.8) is 0 Å². The highest BCUT2D eigenvalue weighted by molar-refractivity contribution is 7.89. The molecule has 3 atom stereocenters. The van der Waals surface area contributed by atoms with Crippen LogP contribution >= 0.6 is 23.2 Å². The molecule has 1 aromatic carbocycles. The molecule has 2 unspecified atom stereocenters. The number of halogens is 2. The van der Waals surface area contributed by atoms with Gasteiger partial charge in [-0.2, -0.15) is 4.31 Å². The van der Waals surface area contributed by atoms with E-state index in [-0.39, 0.29) is 33.4 Å². The zero-order valence-corrected chi connectivity index (χ0v) is 17.9. The maximum absolute atomic E-state index is 13.5. The molecule has 0 saturated carbocycles. The molecule has 0 spiro atoms. The van der Waals surface area contributed by atoms with Gasteiger partial charge in [0.15, 0.2) is 0 Å². The topological polar surface area (TPSA) is 87.2 Å². The Bertz CT molecular complexity index is 815. The summed E-state index contributed by atoms with van der Waals surface area (Å²) in [5.41, 5.74) is 0. The molecular formula is C18H24Cl2N2O5S. The van der Waals surface area contributed by atoms with E-state index in [1.165, 1.54) is 22.5 Å². The van der Waals surface area contributed by atoms with Crippen LogP contribution in [0, 0.1) is 5.92 Å². The third-order valence-electron chi connectivity index (χ3n) is 5.42. The van der Waals surface area contributed by atoms with E-state index >= 15 is 0 Å². The van der Waals surface area contributed by atoms with Crippen molar-refractivity contribution in [1.82, 2.24) is 9.21 Å². The molecule has 7 nitrogen and oxygen atoms in total. The molecule has 28 heavy (non-hydrogen) atoms. The van der Waals surface area contributed by atoms with Crippen LogP contribution in [0.15, 0.2) is 23.1 Å². The molecule has 2 bridgehead atoms. The van der Waals surface area contributed by atoms with Gasteiger partial charge in [0, 0.05) is 48.8 Å². The van der Waals surface area contributed by atoms with Gasteiger partial charge in [-0.25, -0.2) is 8.42 Å². The number of aliphatic hydroxyl groups is 1. The first-order valence-corrected chi connectivity index (χ1v) is 11.4. The van der Waals surface area contributed by atoms with Crippen LogP contribution in [0.5, 0.6) is 0 Å². The van der Waals surface area contributed by atoms with E-state index in [1.807, 2.05) is 0 Å². The predicted octanol–water partition coefficient (Wildman–Crippen LogP) is 2.00. The van der Waals surface area contributed by atoms with E-state index in [9.17, 15) is 18.3 Å². The second-order valence-corrected chi connectivity index (χ2v) is 9.89. The summed E-state index contributed by atoms with van der Waals surface area (Å²) in [5.74, 6) is -0.634. The van der Waals surface area contributed by atoms with Gasteiger partial charge in [0.2, 0.25) is 15.9 Å². The van der Waals surface area contributed by atoms with Crippen molar-refractivity contribution < 1.29 is 23.1 Å². The Morgan fingerprint density at radius 2 is 1.89 bits per heavy atom. The fourth-order valence-electron chi connectivity index (χ4n) is 4.11. The SMILES string of the molecule is COCCN1CC(CO)[C@H]2CCCC(C1=O)N2S(=O)(=O)c1cc(Cl)cc(Cl)c1. The minimum absolute atomic E-state index is 0.0447. The molecule has 0 radical (unpaired) electrons. The second-order valence-electron chi connectivity index (χ2n) is 7.17. The molecule has 2 aliphatic heterocycles. The normalized spacial score (nSPS) is 26.4. The first-order chi connectivity index (χ1) is 13.3. The van der Waals surface area contributed by atoms with E-state index in [0.717, 1.165) is 6.42 Å². The van der Waals surface area contributed by atoms with Crippen LogP contribution in [-0.4, -0.2) is 74.1 Å². The van der Waals surface area contributed by atoms with Crippen molar-refractivity contribution in [1.29, 1.82) is 0 Å². The third kappa shape index (κ3) is 4.17. The zero-order chi connectivity index (χ0) is 20.5. The monoisotopic (exact) mass is 450 g/mol. The number of nitrogens with zero attached hydrogens (tertiary/aromatic N) is 2. The van der Waals surface area contributed by atoms with Crippen LogP contribution in [-0.2, 0) is 19.6 Å². The number of fused-ring (bicyclic) bond motifs is 2. The molecule has 2 fully saturated rings. The molecule has 2 aliphatic rings. The lowest BCUT2D eigenvalue weighted by molar-refractivity contribution is -0.135. The molecule has 2 heterocycles. The number of carbonyl (C=O) groups is 1. The number of hydrogen-bond donors (Lipinski definition) is 1. The Morgan fingerprint density at radius 3 is 2.50 bits per heavy atom. The quantitative estimate of drug-likeness (QED) is 0.715. The van der Waals surface area contributed by atoms with Crippen molar-refractivity contribution in [3.8, 4) is 0 Å². The fourth-order valence-corrected chi connectivity index (χ4v) is 6.73. The summed E-state index contributed by atoms with van der Waals surface area (Å²) >= 11 is 12.0. The number of methoxy groups -OCH3 is 1. The second kappa shape index (κ2) is 8.85. The highest BCUT2D eigenvalue weighted by atomic mass is 35.5. The van der Waals surface area contributed by atoms with Gasteiger partial charge in [0.1, 0.15) is 6.04 Å². The maximum atomic E-state index is 13.5. The number of aliphatic hydroxyl groups excluding tert-OH is 1. The van der Waals surface area contributed by atoms with Gasteiger partial charge < -0.3 is 14.7 Å². The molecule has 0 aliphatic carbocycles. The Balaban J connectivity index is 2.06. The van der Waals surface area contributed by atoms with E-state index in [1.54, 1.807) is 12.0 Å². The molecule has 2 saturated heterocycles. The predicted molar refractivity (Wildman–Crippen MR) is 106 cm³/mol. The number of hydrogen-bond acceptors (Lipinski definition) is 5. The minimum atomic E-state index is -4.03. The van der Waals surface area contributed by atoms with E-state index < -0.39 is 22.1 Å². The van der Waals surface area contributed by atoms with E-state index in [4.69, 9.17) is 27.9 Å². The number of piperidine rings is 1. The fraction of sp³-hybridized carbons (Fsp3) is 0.611. The first-order valence-electron chi connectivity index (χ1n) is 9.17. The zero-order valence-electron chi connectivity index (χ0n) is 15.6. The lowest BCUT2D eigenvalue weighted by atomic mass is 9.91. The molecule has 1 amide bonds. The van der Waals surface area contributed by atoms with Gasteiger partial charge in [-0.05, 0) is 37.5 Å². The van der Waals surface area contributed by atoms with Crippen LogP contribution in [0.25, 0.3) is 0 Å². The van der Waals surface area contributed by atoms with E-state index in [0.29, 0.717) is 32.5 Å². The highest BCUT2D eigenvalue weighted by Crippen LogP contribution is 2.37. The van der Waals surface area contributed by atoms with Gasteiger partial charge in [-0.3, -0.25) is 4.79 Å². The van der Waals surface area contributed by atoms with Crippen LogP contribution in [0.1, 0.15) is 19.3 Å². The van der Waals surface area contributed by atoms with Crippen LogP contribution in [0.3, 0.4) is 0 Å². The summed E-state index contributed by atoms with van der Waals surface area (Å²) in [6.45, 7) is 0.780. The van der Waals surface area contributed by atoms with Gasteiger partial charge in [0.05, 0.1) is 11.5 Å². The smallest absolute Gasteiger partial charge is 0.244 e. The summed E-state index contributed by atoms with van der Waals surface area (Å²) in [5, 5.41) is 10.4. The van der Waals surface area contributed by atoms with Gasteiger partial charge in [-0.15, -0.1) is 0 Å². The van der Waals surface area contributed by atoms with Crippen molar-refractivity contribution in [2.75, 3.05) is 33.4 Å². The molecule has 3 rings (SSSR count). The number of ether oxygens (including phenoxy) is 1. The van der Waals surface area contributed by atoms with Crippen LogP contribution in [0.4, 0.5) is 0 Å². The average molecular weight is 451 g/mol. The van der Waals surface area contributed by atoms with Crippen molar-refractivity contribution in [3.05, 3.63) is 28.2 Å². The lowest BCUT2D eigenvalue weighted by Gasteiger charge is -2.40. The summed E-state index contributed by atoms with van der Waals surface area (Å²) < 4.78 is 33.4. The molecule has 1 N–H and O–H groups in total. The molecular weight excluding hydrogens is 427 g/mol. The van der Waals surface area contributed by atoms with E-state index in [2.05, 4.69) is 0 Å². The van der Waals surface area contributed by atoms with Gasteiger partial charge in [-0.1, -0.05) is 23.2 Å². The molecule has 156 valence electrons. The summed E-state index contributed by atoms with van der Waals surface area (Å²) in [6.07, 6.45) is 1.74. The highest BCUT2D eigenvalue weighted by Gasteiger charge is 2.49. The van der Waals surface area contributed by atoms with Crippen LogP contribution in [0.2, 0.25) is 10.0 Å². The minimum Gasteiger partial charge on any atom is -0.396 e. The van der Waals surface area contributed by atoms with Gasteiger partial charge in [0.25, 0.3) is 0 Å². The summed E-state index contributed by atoms with van der Waals surface area (Å²) in [6, 6.07) is 2.85. The molecule has 1 aromatic rings. The number of rotatable bonds is 6. The Kier molecular flexibility index (Phi) is 6.89. The van der Waals surface area contributed by atoms with Crippen molar-refractivity contribution >= 4 is 39.1 Å². The van der Waals surface area contributed by atoms with Crippen LogP contribution < -0.4 is 0 Å². The molecule has 0 aromatic heterocycles. The Labute approximate surface area is 175 Å². The first kappa shape index (κ1) is 21.8.